The van der Waals surface area contributed by atoms with Crippen molar-refractivity contribution in [2.45, 2.75) is 39.2 Å². The molecule has 0 aliphatic heterocycles. The number of carbonyl (C=O) groups excluding carboxylic acids is 1. The maximum absolute atomic E-state index is 12.4. The third kappa shape index (κ3) is 2.38. The molecule has 3 nitrogen and oxygen atoms in total. The van der Waals surface area contributed by atoms with Crippen LogP contribution in [0.25, 0.3) is 0 Å². The Labute approximate surface area is 113 Å². The van der Waals surface area contributed by atoms with Gasteiger partial charge in [0.2, 0.25) is 5.91 Å². The molecule has 2 atom stereocenters. The molecule has 0 spiro atoms. The van der Waals surface area contributed by atoms with Crippen molar-refractivity contribution in [2.24, 2.45) is 11.1 Å². The number of rotatable bonds is 2. The highest BCUT2D eigenvalue weighted by Crippen LogP contribution is 2.38. The van der Waals surface area contributed by atoms with Crippen LogP contribution in [0.3, 0.4) is 0 Å². The van der Waals surface area contributed by atoms with Gasteiger partial charge >= 0.3 is 0 Å². The lowest BCUT2D eigenvalue weighted by Crippen LogP contribution is -2.44. The van der Waals surface area contributed by atoms with Crippen molar-refractivity contribution in [1.82, 2.24) is 0 Å². The Morgan fingerprint density at radius 2 is 2.28 bits per heavy atom. The summed E-state index contributed by atoms with van der Waals surface area (Å²) in [5.41, 5.74) is 7.30. The molecule has 1 amide bonds. The molecule has 2 unspecified atom stereocenters. The van der Waals surface area contributed by atoms with E-state index in [2.05, 4.69) is 5.32 Å². The van der Waals surface area contributed by atoms with Gasteiger partial charge < -0.3 is 11.1 Å². The SMILES string of the molecule is Cc1ccc(Cl)c(NC(=O)C2(C)CCCC2N)c1. The first kappa shape index (κ1) is 13.4. The first-order valence-corrected chi connectivity index (χ1v) is 6.64. The Morgan fingerprint density at radius 3 is 2.89 bits per heavy atom. The van der Waals surface area contributed by atoms with Crippen molar-refractivity contribution >= 4 is 23.2 Å². The van der Waals surface area contributed by atoms with Crippen LogP contribution in [-0.4, -0.2) is 11.9 Å². The van der Waals surface area contributed by atoms with E-state index in [-0.39, 0.29) is 11.9 Å². The van der Waals surface area contributed by atoms with Crippen LogP contribution in [0, 0.1) is 12.3 Å². The van der Waals surface area contributed by atoms with Gasteiger partial charge in [-0.25, -0.2) is 0 Å². The molecule has 98 valence electrons. The molecule has 1 aliphatic rings. The Morgan fingerprint density at radius 1 is 1.56 bits per heavy atom. The molecule has 1 aromatic rings. The van der Waals surface area contributed by atoms with Gasteiger partial charge in [0.25, 0.3) is 0 Å². The van der Waals surface area contributed by atoms with Crippen molar-refractivity contribution in [1.29, 1.82) is 0 Å². The van der Waals surface area contributed by atoms with E-state index in [9.17, 15) is 4.79 Å². The van der Waals surface area contributed by atoms with Crippen molar-refractivity contribution in [3.63, 3.8) is 0 Å². The predicted molar refractivity (Wildman–Crippen MR) is 74.8 cm³/mol. The van der Waals surface area contributed by atoms with Gasteiger partial charge in [-0.2, -0.15) is 0 Å². The Hall–Kier alpha value is -1.06. The van der Waals surface area contributed by atoms with E-state index in [0.717, 1.165) is 24.8 Å². The highest BCUT2D eigenvalue weighted by molar-refractivity contribution is 6.33. The third-order valence-corrected chi connectivity index (χ3v) is 4.25. The Kier molecular flexibility index (Phi) is 3.64. The molecule has 0 aromatic heterocycles. The highest BCUT2D eigenvalue weighted by Gasteiger charge is 2.43. The van der Waals surface area contributed by atoms with Gasteiger partial charge in [0.05, 0.1) is 16.1 Å². The van der Waals surface area contributed by atoms with Crippen LogP contribution in [0.5, 0.6) is 0 Å². The molecule has 0 bridgehead atoms. The van der Waals surface area contributed by atoms with Crippen molar-refractivity contribution in [3.8, 4) is 0 Å². The molecule has 3 N–H and O–H groups in total. The van der Waals surface area contributed by atoms with Gasteiger partial charge in [0, 0.05) is 6.04 Å². The van der Waals surface area contributed by atoms with Crippen LogP contribution in [0.15, 0.2) is 18.2 Å². The zero-order chi connectivity index (χ0) is 13.3. The van der Waals surface area contributed by atoms with Crippen molar-refractivity contribution in [2.75, 3.05) is 5.32 Å². The number of amides is 1. The van der Waals surface area contributed by atoms with Crippen LogP contribution in [0.1, 0.15) is 31.7 Å². The summed E-state index contributed by atoms with van der Waals surface area (Å²) >= 11 is 6.08. The number of anilines is 1. The molecule has 1 saturated carbocycles. The lowest BCUT2D eigenvalue weighted by Gasteiger charge is -2.27. The van der Waals surface area contributed by atoms with E-state index in [4.69, 9.17) is 17.3 Å². The second kappa shape index (κ2) is 4.90. The molecule has 18 heavy (non-hydrogen) atoms. The number of aryl methyl sites for hydroxylation is 1. The van der Waals surface area contributed by atoms with Gasteiger partial charge in [-0.05, 0) is 44.4 Å². The first-order chi connectivity index (χ1) is 8.43. The predicted octanol–water partition coefficient (Wildman–Crippen LogP) is 3.10. The molecule has 2 rings (SSSR count). The van der Waals surface area contributed by atoms with Crippen LogP contribution in [0.2, 0.25) is 5.02 Å². The monoisotopic (exact) mass is 266 g/mol. The molecule has 1 aromatic carbocycles. The second-order valence-corrected chi connectivity index (χ2v) is 5.76. The van der Waals surface area contributed by atoms with E-state index in [1.807, 2.05) is 26.0 Å². The summed E-state index contributed by atoms with van der Waals surface area (Å²) in [6.45, 7) is 3.90. The fraction of sp³-hybridized carbons (Fsp3) is 0.500. The van der Waals surface area contributed by atoms with E-state index in [0.29, 0.717) is 10.7 Å². The summed E-state index contributed by atoms with van der Waals surface area (Å²) in [5, 5.41) is 3.47. The van der Waals surface area contributed by atoms with Gasteiger partial charge in [0.1, 0.15) is 0 Å². The van der Waals surface area contributed by atoms with Gasteiger partial charge in [-0.1, -0.05) is 24.1 Å². The maximum Gasteiger partial charge on any atom is 0.231 e. The molecule has 4 heteroatoms. The van der Waals surface area contributed by atoms with Gasteiger partial charge in [-0.3, -0.25) is 4.79 Å². The summed E-state index contributed by atoms with van der Waals surface area (Å²) in [6.07, 6.45) is 2.75. The lowest BCUT2D eigenvalue weighted by molar-refractivity contribution is -0.125. The number of halogens is 1. The topological polar surface area (TPSA) is 55.1 Å². The fourth-order valence-electron chi connectivity index (χ4n) is 2.48. The number of carbonyl (C=O) groups is 1. The molecule has 0 radical (unpaired) electrons. The molecule has 1 aliphatic carbocycles. The minimum atomic E-state index is -0.479. The highest BCUT2D eigenvalue weighted by atomic mass is 35.5. The largest absolute Gasteiger partial charge is 0.327 e. The first-order valence-electron chi connectivity index (χ1n) is 6.26. The minimum absolute atomic E-state index is 0.0278. The lowest BCUT2D eigenvalue weighted by atomic mass is 9.84. The summed E-state index contributed by atoms with van der Waals surface area (Å²) in [7, 11) is 0. The second-order valence-electron chi connectivity index (χ2n) is 5.35. The quantitative estimate of drug-likeness (QED) is 0.864. The average molecular weight is 267 g/mol. The Bertz CT molecular complexity index is 475. The minimum Gasteiger partial charge on any atom is -0.327 e. The van der Waals surface area contributed by atoms with E-state index in [1.165, 1.54) is 0 Å². The third-order valence-electron chi connectivity index (χ3n) is 3.92. The van der Waals surface area contributed by atoms with E-state index < -0.39 is 5.41 Å². The fourth-order valence-corrected chi connectivity index (χ4v) is 2.64. The summed E-state index contributed by atoms with van der Waals surface area (Å²) in [5.74, 6) is -0.0278. The molecule has 0 saturated heterocycles. The van der Waals surface area contributed by atoms with E-state index in [1.54, 1.807) is 6.07 Å². The van der Waals surface area contributed by atoms with Crippen LogP contribution >= 0.6 is 11.6 Å². The summed E-state index contributed by atoms with van der Waals surface area (Å²) < 4.78 is 0. The number of hydrogen-bond donors (Lipinski definition) is 2. The van der Waals surface area contributed by atoms with Crippen molar-refractivity contribution < 1.29 is 4.79 Å². The van der Waals surface area contributed by atoms with E-state index >= 15 is 0 Å². The van der Waals surface area contributed by atoms with Crippen LogP contribution in [-0.2, 0) is 4.79 Å². The zero-order valence-corrected chi connectivity index (χ0v) is 11.6. The summed E-state index contributed by atoms with van der Waals surface area (Å²) in [6, 6.07) is 5.52. The molecule has 0 heterocycles. The maximum atomic E-state index is 12.4. The van der Waals surface area contributed by atoms with Crippen LogP contribution in [0.4, 0.5) is 5.69 Å². The Balaban J connectivity index is 2.19. The number of benzene rings is 1. The summed E-state index contributed by atoms with van der Waals surface area (Å²) in [4.78, 5) is 12.4. The van der Waals surface area contributed by atoms with Crippen molar-refractivity contribution in [3.05, 3.63) is 28.8 Å². The molecular weight excluding hydrogens is 248 g/mol. The van der Waals surface area contributed by atoms with Crippen LogP contribution < -0.4 is 11.1 Å². The average Bonchev–Trinajstić information content (AvgIpc) is 2.66. The number of nitrogens with one attached hydrogen (secondary N) is 1. The molecule has 1 fully saturated rings. The van der Waals surface area contributed by atoms with Gasteiger partial charge in [0.15, 0.2) is 0 Å². The standard InChI is InChI=1S/C14H19ClN2O/c1-9-5-6-10(15)11(8-9)17-13(18)14(2)7-3-4-12(14)16/h5-6,8,12H,3-4,7,16H2,1-2H3,(H,17,18). The zero-order valence-electron chi connectivity index (χ0n) is 10.8. The number of hydrogen-bond acceptors (Lipinski definition) is 2. The normalized spacial score (nSPS) is 27.2. The van der Waals surface area contributed by atoms with Gasteiger partial charge in [-0.15, -0.1) is 0 Å². The molecular formula is C14H19ClN2O. The smallest absolute Gasteiger partial charge is 0.231 e. The number of nitrogens with two attached hydrogens (primary N) is 1.